The highest BCUT2D eigenvalue weighted by Crippen LogP contribution is 2.24. The molecule has 1 aromatic carbocycles. The molecule has 0 aliphatic rings. The fraction of sp³-hybridized carbons (Fsp3) is 0.267. The van der Waals surface area contributed by atoms with Crippen LogP contribution in [0.3, 0.4) is 0 Å². The van der Waals surface area contributed by atoms with E-state index in [0.717, 1.165) is 17.3 Å². The Morgan fingerprint density at radius 1 is 1.50 bits per heavy atom. The zero-order valence-corrected chi connectivity index (χ0v) is 10.8. The molecule has 0 N–H and O–H groups in total. The topological polar surface area (TPSA) is 31.2 Å². The molecule has 0 saturated heterocycles. The molecule has 0 bridgehead atoms. The van der Waals surface area contributed by atoms with Gasteiger partial charge in [0.25, 0.3) is 0 Å². The van der Waals surface area contributed by atoms with Crippen LogP contribution in [0.25, 0.3) is 10.9 Å². The van der Waals surface area contributed by atoms with Crippen LogP contribution in [0.5, 0.6) is 0 Å². The Morgan fingerprint density at radius 2 is 2.28 bits per heavy atom. The van der Waals surface area contributed by atoms with Gasteiger partial charge in [-0.1, -0.05) is 19.1 Å². The number of allylic oxidation sites excluding steroid dienone is 1. The summed E-state index contributed by atoms with van der Waals surface area (Å²) in [6, 6.07) is 6.19. The quantitative estimate of drug-likeness (QED) is 0.610. The molecule has 0 fully saturated rings. The Morgan fingerprint density at radius 3 is 2.89 bits per heavy atom. The first-order chi connectivity index (χ1) is 8.71. The number of hydrogen-bond donors (Lipinski definition) is 0. The van der Waals surface area contributed by atoms with Gasteiger partial charge in [-0.05, 0) is 24.1 Å². The predicted molar refractivity (Wildman–Crippen MR) is 72.9 cm³/mol. The van der Waals surface area contributed by atoms with Crippen molar-refractivity contribution in [1.82, 2.24) is 4.57 Å². The molecule has 3 heteroatoms. The van der Waals surface area contributed by atoms with Crippen LogP contribution in [0.1, 0.15) is 22.8 Å². The minimum atomic E-state index is -0.295. The number of rotatable bonds is 4. The largest absolute Gasteiger partial charge is 0.465 e. The normalized spacial score (nSPS) is 10.6. The number of fused-ring (bicyclic) bond motifs is 1. The van der Waals surface area contributed by atoms with Crippen LogP contribution in [0.15, 0.2) is 37.1 Å². The van der Waals surface area contributed by atoms with Gasteiger partial charge in [-0.2, -0.15) is 0 Å². The average Bonchev–Trinajstić information content (AvgIpc) is 2.76. The minimum absolute atomic E-state index is 0.295. The smallest absolute Gasteiger partial charge is 0.340 e. The SMILES string of the molecule is C=CCn1cc(C(=O)OC)c2cc(CC)ccc21. The Bertz CT molecular complexity index is 596. The van der Waals surface area contributed by atoms with Crippen molar-refractivity contribution in [1.29, 1.82) is 0 Å². The van der Waals surface area contributed by atoms with Gasteiger partial charge in [0.05, 0.1) is 12.7 Å². The number of hydrogen-bond acceptors (Lipinski definition) is 2. The number of nitrogens with zero attached hydrogens (tertiary/aromatic N) is 1. The minimum Gasteiger partial charge on any atom is -0.465 e. The van der Waals surface area contributed by atoms with E-state index >= 15 is 0 Å². The monoisotopic (exact) mass is 243 g/mol. The third-order valence-electron chi connectivity index (χ3n) is 3.08. The molecule has 2 aromatic rings. The van der Waals surface area contributed by atoms with Gasteiger partial charge in [0.1, 0.15) is 0 Å². The van der Waals surface area contributed by atoms with Gasteiger partial charge in [0.15, 0.2) is 0 Å². The lowest BCUT2D eigenvalue weighted by Crippen LogP contribution is -2.00. The lowest BCUT2D eigenvalue weighted by Gasteiger charge is -2.02. The summed E-state index contributed by atoms with van der Waals surface area (Å²) in [5.41, 5.74) is 2.86. The number of aromatic nitrogens is 1. The third-order valence-corrected chi connectivity index (χ3v) is 3.08. The fourth-order valence-electron chi connectivity index (χ4n) is 2.13. The molecular weight excluding hydrogens is 226 g/mol. The average molecular weight is 243 g/mol. The van der Waals surface area contributed by atoms with E-state index in [4.69, 9.17) is 4.74 Å². The second-order valence-corrected chi connectivity index (χ2v) is 4.18. The number of carbonyl (C=O) groups excluding carboxylic acids is 1. The van der Waals surface area contributed by atoms with Crippen molar-refractivity contribution in [3.63, 3.8) is 0 Å². The van der Waals surface area contributed by atoms with Gasteiger partial charge >= 0.3 is 5.97 Å². The summed E-state index contributed by atoms with van der Waals surface area (Å²) in [6.07, 6.45) is 4.59. The molecule has 0 unspecified atom stereocenters. The van der Waals surface area contributed by atoms with Gasteiger partial charge in [0.2, 0.25) is 0 Å². The zero-order chi connectivity index (χ0) is 13.1. The van der Waals surface area contributed by atoms with Gasteiger partial charge < -0.3 is 9.30 Å². The van der Waals surface area contributed by atoms with Crippen LogP contribution in [0.2, 0.25) is 0 Å². The molecule has 18 heavy (non-hydrogen) atoms. The second-order valence-electron chi connectivity index (χ2n) is 4.18. The van der Waals surface area contributed by atoms with Crippen molar-refractivity contribution in [3.05, 3.63) is 48.2 Å². The first-order valence-electron chi connectivity index (χ1n) is 6.02. The van der Waals surface area contributed by atoms with Gasteiger partial charge in [-0.25, -0.2) is 4.79 Å². The van der Waals surface area contributed by atoms with Gasteiger partial charge in [0, 0.05) is 23.6 Å². The summed E-state index contributed by atoms with van der Waals surface area (Å²) in [4.78, 5) is 11.8. The van der Waals surface area contributed by atoms with Gasteiger partial charge in [-0.3, -0.25) is 0 Å². The summed E-state index contributed by atoms with van der Waals surface area (Å²) in [5.74, 6) is -0.295. The molecule has 3 nitrogen and oxygen atoms in total. The van der Waals surface area contributed by atoms with E-state index in [0.29, 0.717) is 12.1 Å². The third kappa shape index (κ3) is 2.04. The molecule has 0 saturated carbocycles. The molecule has 2 rings (SSSR count). The molecule has 1 heterocycles. The number of carbonyl (C=O) groups is 1. The Hall–Kier alpha value is -2.03. The summed E-state index contributed by atoms with van der Waals surface area (Å²) >= 11 is 0. The summed E-state index contributed by atoms with van der Waals surface area (Å²) in [7, 11) is 1.41. The maximum absolute atomic E-state index is 11.8. The van der Waals surface area contributed by atoms with E-state index in [-0.39, 0.29) is 5.97 Å². The highest BCUT2D eigenvalue weighted by atomic mass is 16.5. The first kappa shape index (κ1) is 12.4. The Labute approximate surface area is 107 Å². The predicted octanol–water partition coefficient (Wildman–Crippen LogP) is 3.18. The van der Waals surface area contributed by atoms with Crippen LogP contribution in [0, 0.1) is 0 Å². The maximum atomic E-state index is 11.8. The van der Waals surface area contributed by atoms with Crippen molar-refractivity contribution >= 4 is 16.9 Å². The fourth-order valence-corrected chi connectivity index (χ4v) is 2.13. The Balaban J connectivity index is 2.67. The maximum Gasteiger partial charge on any atom is 0.340 e. The number of esters is 1. The highest BCUT2D eigenvalue weighted by molar-refractivity contribution is 6.04. The van der Waals surface area contributed by atoms with E-state index in [1.54, 1.807) is 0 Å². The van der Waals surface area contributed by atoms with Crippen molar-refractivity contribution in [2.75, 3.05) is 7.11 Å². The molecule has 0 atom stereocenters. The van der Waals surface area contributed by atoms with Crippen molar-refractivity contribution in [3.8, 4) is 0 Å². The van der Waals surface area contributed by atoms with Crippen LogP contribution in [-0.2, 0) is 17.7 Å². The highest BCUT2D eigenvalue weighted by Gasteiger charge is 2.15. The standard InChI is InChI=1S/C15H17NO2/c1-4-8-16-10-13(15(17)18-3)12-9-11(5-2)6-7-14(12)16/h4,6-7,9-10H,1,5,8H2,2-3H3. The van der Waals surface area contributed by atoms with E-state index in [9.17, 15) is 4.79 Å². The van der Waals surface area contributed by atoms with Crippen LogP contribution in [0.4, 0.5) is 0 Å². The molecule has 0 spiro atoms. The summed E-state index contributed by atoms with van der Waals surface area (Å²) in [6.45, 7) is 6.51. The van der Waals surface area contributed by atoms with Crippen molar-refractivity contribution < 1.29 is 9.53 Å². The zero-order valence-electron chi connectivity index (χ0n) is 10.8. The second kappa shape index (κ2) is 5.08. The molecule has 1 aromatic heterocycles. The molecule has 0 aliphatic carbocycles. The van der Waals surface area contributed by atoms with Crippen LogP contribution >= 0.6 is 0 Å². The van der Waals surface area contributed by atoms with Crippen LogP contribution < -0.4 is 0 Å². The van der Waals surface area contributed by atoms with Crippen LogP contribution in [-0.4, -0.2) is 17.6 Å². The molecule has 0 aliphatic heterocycles. The van der Waals surface area contributed by atoms with E-state index in [1.165, 1.54) is 12.7 Å². The Kier molecular flexibility index (Phi) is 3.51. The van der Waals surface area contributed by atoms with Gasteiger partial charge in [-0.15, -0.1) is 6.58 Å². The van der Waals surface area contributed by atoms with Crippen molar-refractivity contribution in [2.45, 2.75) is 19.9 Å². The lowest BCUT2D eigenvalue weighted by molar-refractivity contribution is 0.0603. The first-order valence-corrected chi connectivity index (χ1v) is 6.02. The molecule has 94 valence electrons. The number of ether oxygens (including phenoxy) is 1. The van der Waals surface area contributed by atoms with E-state index in [2.05, 4.69) is 25.6 Å². The summed E-state index contributed by atoms with van der Waals surface area (Å²) < 4.78 is 6.84. The number of methoxy groups -OCH3 is 1. The van der Waals surface area contributed by atoms with Crippen molar-refractivity contribution in [2.24, 2.45) is 0 Å². The lowest BCUT2D eigenvalue weighted by atomic mass is 10.1. The molecule has 0 amide bonds. The van der Waals surface area contributed by atoms with E-state index < -0.39 is 0 Å². The molecular formula is C15H17NO2. The number of aryl methyl sites for hydroxylation is 1. The summed E-state index contributed by atoms with van der Waals surface area (Å²) in [5, 5.41) is 0.947. The number of benzene rings is 1. The van der Waals surface area contributed by atoms with E-state index in [1.807, 2.05) is 22.9 Å². The molecule has 0 radical (unpaired) electrons.